The average molecular weight is 322 g/mol. The summed E-state index contributed by atoms with van der Waals surface area (Å²) in [6, 6.07) is 0. The summed E-state index contributed by atoms with van der Waals surface area (Å²) in [5.41, 5.74) is 1.09. The van der Waals surface area contributed by atoms with E-state index in [9.17, 15) is 0 Å². The summed E-state index contributed by atoms with van der Waals surface area (Å²) in [6.45, 7) is 6.33. The molecule has 0 amide bonds. The van der Waals surface area contributed by atoms with Crippen LogP contribution < -0.4 is 0 Å². The van der Waals surface area contributed by atoms with Crippen molar-refractivity contribution in [3.8, 4) is 0 Å². The summed E-state index contributed by atoms with van der Waals surface area (Å²) < 4.78 is 0. The maximum atomic E-state index is 8.75. The first-order chi connectivity index (χ1) is 11.3. The maximum Gasteiger partial charge on any atom is 0.0615 e. The molecule has 0 aromatic rings. The van der Waals surface area contributed by atoms with Crippen LogP contribution in [0.15, 0.2) is 23.8 Å². The molecule has 0 spiro atoms. The van der Waals surface area contributed by atoms with Gasteiger partial charge in [-0.25, -0.2) is 0 Å². The van der Waals surface area contributed by atoms with Gasteiger partial charge in [-0.1, -0.05) is 88.5 Å². The maximum absolute atomic E-state index is 8.75. The summed E-state index contributed by atoms with van der Waals surface area (Å²) in [5, 5.41) is 8.75. The monoisotopic (exact) mass is 321 g/mol. The van der Waals surface area contributed by atoms with Gasteiger partial charge in [0.25, 0.3) is 0 Å². The lowest BCUT2D eigenvalue weighted by Crippen LogP contribution is -1.84. The molecular formula is C22H41O. The van der Waals surface area contributed by atoms with Crippen molar-refractivity contribution < 1.29 is 5.11 Å². The number of unbranched alkanes of at least 4 members (excludes halogenated alkanes) is 12. The molecule has 0 aliphatic heterocycles. The standard InChI is InChI=1S/C22H41O/c1-3-4-5-6-7-8-9-10-11-12-13-14-15-16-17-18-19-22(2)20-21-23/h10-11,20,23H,2-9,12-19,21H2,1H3/b11-10-,22-20?. The second-order valence-corrected chi connectivity index (χ2v) is 6.73. The molecule has 0 rings (SSSR count). The highest BCUT2D eigenvalue weighted by atomic mass is 16.2. The van der Waals surface area contributed by atoms with Crippen molar-refractivity contribution in [1.29, 1.82) is 0 Å². The number of aliphatic hydroxyl groups is 1. The largest absolute Gasteiger partial charge is 0.392 e. The van der Waals surface area contributed by atoms with Gasteiger partial charge in [0.2, 0.25) is 0 Å². The second-order valence-electron chi connectivity index (χ2n) is 6.73. The number of hydrogen-bond acceptors (Lipinski definition) is 1. The van der Waals surface area contributed by atoms with Crippen LogP contribution in [0.25, 0.3) is 0 Å². The van der Waals surface area contributed by atoms with Crippen molar-refractivity contribution in [3.05, 3.63) is 30.7 Å². The van der Waals surface area contributed by atoms with Crippen LogP contribution in [0.4, 0.5) is 0 Å². The smallest absolute Gasteiger partial charge is 0.0615 e. The number of rotatable bonds is 17. The van der Waals surface area contributed by atoms with Crippen molar-refractivity contribution in [2.75, 3.05) is 6.61 Å². The normalized spacial score (nSPS) is 12.4. The van der Waals surface area contributed by atoms with Crippen LogP contribution >= 0.6 is 0 Å². The van der Waals surface area contributed by atoms with E-state index in [-0.39, 0.29) is 6.61 Å². The molecule has 0 heterocycles. The number of hydrogen-bond donors (Lipinski definition) is 1. The molecule has 0 aromatic carbocycles. The minimum Gasteiger partial charge on any atom is -0.392 e. The van der Waals surface area contributed by atoms with Crippen LogP contribution in [-0.4, -0.2) is 11.7 Å². The molecular weight excluding hydrogens is 280 g/mol. The van der Waals surface area contributed by atoms with E-state index in [2.05, 4.69) is 26.0 Å². The Morgan fingerprint density at radius 1 is 0.739 bits per heavy atom. The van der Waals surface area contributed by atoms with E-state index in [0.717, 1.165) is 12.0 Å². The zero-order valence-electron chi connectivity index (χ0n) is 15.7. The fourth-order valence-corrected chi connectivity index (χ4v) is 2.83. The van der Waals surface area contributed by atoms with Crippen LogP contribution in [0.1, 0.15) is 103 Å². The molecule has 0 aliphatic rings. The summed E-state index contributed by atoms with van der Waals surface area (Å²) in [5.74, 6) is 0. The minimum atomic E-state index is 0.130. The fourth-order valence-electron chi connectivity index (χ4n) is 2.83. The minimum absolute atomic E-state index is 0.130. The zero-order valence-corrected chi connectivity index (χ0v) is 15.7. The summed E-state index contributed by atoms with van der Waals surface area (Å²) in [6.07, 6.45) is 26.5. The summed E-state index contributed by atoms with van der Waals surface area (Å²) in [7, 11) is 0. The third-order valence-corrected chi connectivity index (χ3v) is 4.39. The Morgan fingerprint density at radius 2 is 1.22 bits per heavy atom. The molecule has 0 bridgehead atoms. The molecule has 0 atom stereocenters. The predicted molar refractivity (Wildman–Crippen MR) is 105 cm³/mol. The lowest BCUT2D eigenvalue weighted by Gasteiger charge is -2.02. The van der Waals surface area contributed by atoms with Gasteiger partial charge in [0.1, 0.15) is 0 Å². The van der Waals surface area contributed by atoms with Gasteiger partial charge in [0.05, 0.1) is 6.61 Å². The van der Waals surface area contributed by atoms with Crippen molar-refractivity contribution in [2.45, 2.75) is 103 Å². The molecule has 0 fully saturated rings. The quantitative estimate of drug-likeness (QED) is 0.222. The van der Waals surface area contributed by atoms with Gasteiger partial charge < -0.3 is 5.11 Å². The molecule has 0 aliphatic carbocycles. The Morgan fingerprint density at radius 3 is 1.74 bits per heavy atom. The van der Waals surface area contributed by atoms with Gasteiger partial charge in [-0.3, -0.25) is 0 Å². The molecule has 0 saturated heterocycles. The topological polar surface area (TPSA) is 20.2 Å². The Kier molecular flexibility index (Phi) is 19.0. The van der Waals surface area contributed by atoms with E-state index >= 15 is 0 Å². The first kappa shape index (κ1) is 22.4. The molecule has 1 nitrogen and oxygen atoms in total. The van der Waals surface area contributed by atoms with Gasteiger partial charge in [0.15, 0.2) is 0 Å². The third-order valence-electron chi connectivity index (χ3n) is 4.39. The SMILES string of the molecule is [CH2]C(=CCO)CCCCCCCC/C=C\CCCCCCCC. The van der Waals surface area contributed by atoms with Crippen LogP contribution in [0, 0.1) is 6.92 Å². The van der Waals surface area contributed by atoms with Crippen LogP contribution in [0.5, 0.6) is 0 Å². The predicted octanol–water partition coefficient (Wildman–Crippen LogP) is 7.17. The Labute approximate surface area is 146 Å². The van der Waals surface area contributed by atoms with Gasteiger partial charge in [-0.15, -0.1) is 0 Å². The molecule has 1 radical (unpaired) electrons. The Balaban J connectivity index is 3.15. The highest BCUT2D eigenvalue weighted by Gasteiger charge is 1.93. The van der Waals surface area contributed by atoms with Crippen molar-refractivity contribution in [1.82, 2.24) is 0 Å². The van der Waals surface area contributed by atoms with Crippen LogP contribution in [0.2, 0.25) is 0 Å². The summed E-state index contributed by atoms with van der Waals surface area (Å²) in [4.78, 5) is 0. The zero-order chi connectivity index (χ0) is 17.0. The molecule has 0 saturated carbocycles. The van der Waals surface area contributed by atoms with E-state index in [1.165, 1.54) is 89.9 Å². The molecule has 0 aromatic heterocycles. The van der Waals surface area contributed by atoms with Crippen molar-refractivity contribution in [2.24, 2.45) is 0 Å². The highest BCUT2D eigenvalue weighted by Crippen LogP contribution is 2.12. The third kappa shape index (κ3) is 19.4. The first-order valence-corrected chi connectivity index (χ1v) is 10.1. The molecule has 23 heavy (non-hydrogen) atoms. The lowest BCUT2D eigenvalue weighted by molar-refractivity contribution is 0.341. The van der Waals surface area contributed by atoms with Crippen LogP contribution in [-0.2, 0) is 0 Å². The number of aliphatic hydroxyl groups excluding tert-OH is 1. The van der Waals surface area contributed by atoms with E-state index in [1.54, 1.807) is 0 Å². The average Bonchev–Trinajstić information content (AvgIpc) is 2.54. The molecule has 1 N–H and O–H groups in total. The molecule has 0 unspecified atom stereocenters. The van der Waals surface area contributed by atoms with Gasteiger partial charge in [-0.05, 0) is 45.4 Å². The van der Waals surface area contributed by atoms with E-state index in [0.29, 0.717) is 0 Å². The van der Waals surface area contributed by atoms with Crippen molar-refractivity contribution >= 4 is 0 Å². The highest BCUT2D eigenvalue weighted by molar-refractivity contribution is 5.04. The van der Waals surface area contributed by atoms with E-state index in [4.69, 9.17) is 5.11 Å². The van der Waals surface area contributed by atoms with E-state index in [1.807, 2.05) is 6.08 Å². The van der Waals surface area contributed by atoms with E-state index < -0.39 is 0 Å². The lowest BCUT2D eigenvalue weighted by atomic mass is 10.0. The summed E-state index contributed by atoms with van der Waals surface area (Å²) >= 11 is 0. The van der Waals surface area contributed by atoms with Crippen LogP contribution in [0.3, 0.4) is 0 Å². The van der Waals surface area contributed by atoms with Gasteiger partial charge >= 0.3 is 0 Å². The molecule has 135 valence electrons. The second kappa shape index (κ2) is 19.5. The Bertz CT molecular complexity index is 278. The first-order valence-electron chi connectivity index (χ1n) is 10.1. The molecule has 1 heteroatoms. The van der Waals surface area contributed by atoms with Gasteiger partial charge in [-0.2, -0.15) is 0 Å². The number of allylic oxidation sites excluding steroid dienone is 3. The van der Waals surface area contributed by atoms with Crippen molar-refractivity contribution in [3.63, 3.8) is 0 Å². The Hall–Kier alpha value is -0.560. The fraction of sp³-hybridized carbons (Fsp3) is 0.773. The van der Waals surface area contributed by atoms with Gasteiger partial charge in [0, 0.05) is 0 Å².